The number of hydrogen-bond donors (Lipinski definition) is 1. The quantitative estimate of drug-likeness (QED) is 0.813. The molecule has 0 spiro atoms. The fraction of sp³-hybridized carbons (Fsp3) is 0.250. The van der Waals surface area contributed by atoms with E-state index < -0.39 is 0 Å². The van der Waals surface area contributed by atoms with Gasteiger partial charge < -0.3 is 9.72 Å². The predicted molar refractivity (Wildman–Crippen MR) is 60.3 cm³/mol. The van der Waals surface area contributed by atoms with Crippen LogP contribution in [-0.4, -0.2) is 11.1 Å². The molecule has 1 heterocycles. The molecule has 0 radical (unpaired) electrons. The SMILES string of the molecule is CC(C)Oc1cccc2[nH]c(=O)ccc12. The summed E-state index contributed by atoms with van der Waals surface area (Å²) >= 11 is 0. The van der Waals surface area contributed by atoms with Crippen LogP contribution in [-0.2, 0) is 0 Å². The van der Waals surface area contributed by atoms with Crippen LogP contribution in [0.15, 0.2) is 35.1 Å². The van der Waals surface area contributed by atoms with Crippen LogP contribution in [0.3, 0.4) is 0 Å². The molecule has 1 aromatic heterocycles. The van der Waals surface area contributed by atoms with E-state index in [1.165, 1.54) is 6.07 Å². The van der Waals surface area contributed by atoms with Crippen LogP contribution in [0.25, 0.3) is 10.9 Å². The van der Waals surface area contributed by atoms with Crippen molar-refractivity contribution in [3.8, 4) is 5.75 Å². The minimum Gasteiger partial charge on any atom is -0.490 e. The van der Waals surface area contributed by atoms with Gasteiger partial charge in [-0.2, -0.15) is 0 Å². The van der Waals surface area contributed by atoms with Gasteiger partial charge in [0.25, 0.3) is 0 Å². The van der Waals surface area contributed by atoms with Crippen molar-refractivity contribution in [3.05, 3.63) is 40.7 Å². The summed E-state index contributed by atoms with van der Waals surface area (Å²) < 4.78 is 5.65. The van der Waals surface area contributed by atoms with Gasteiger partial charge in [0.05, 0.1) is 11.6 Å². The van der Waals surface area contributed by atoms with Crippen molar-refractivity contribution >= 4 is 10.9 Å². The number of aromatic amines is 1. The molecule has 78 valence electrons. The Hall–Kier alpha value is -1.77. The lowest BCUT2D eigenvalue weighted by molar-refractivity contribution is 0.245. The topological polar surface area (TPSA) is 42.1 Å². The van der Waals surface area contributed by atoms with Crippen LogP contribution in [0, 0.1) is 0 Å². The molecule has 0 bridgehead atoms. The zero-order valence-electron chi connectivity index (χ0n) is 8.78. The summed E-state index contributed by atoms with van der Waals surface area (Å²) in [6.45, 7) is 3.95. The molecule has 2 aromatic rings. The van der Waals surface area contributed by atoms with Gasteiger partial charge in [-0.25, -0.2) is 0 Å². The van der Waals surface area contributed by atoms with Gasteiger partial charge >= 0.3 is 0 Å². The lowest BCUT2D eigenvalue weighted by Crippen LogP contribution is -2.07. The van der Waals surface area contributed by atoms with E-state index in [1.54, 1.807) is 6.07 Å². The Morgan fingerprint density at radius 2 is 2.00 bits per heavy atom. The number of pyridine rings is 1. The van der Waals surface area contributed by atoms with Crippen LogP contribution in [0.1, 0.15) is 13.8 Å². The molecule has 0 unspecified atom stereocenters. The third kappa shape index (κ3) is 2.01. The van der Waals surface area contributed by atoms with Crippen LogP contribution >= 0.6 is 0 Å². The van der Waals surface area contributed by atoms with Crippen LogP contribution in [0.2, 0.25) is 0 Å². The summed E-state index contributed by atoms with van der Waals surface area (Å²) in [4.78, 5) is 13.9. The van der Waals surface area contributed by atoms with Gasteiger partial charge in [-0.3, -0.25) is 4.79 Å². The van der Waals surface area contributed by atoms with E-state index >= 15 is 0 Å². The molecule has 0 amide bonds. The monoisotopic (exact) mass is 203 g/mol. The summed E-state index contributed by atoms with van der Waals surface area (Å²) in [5, 5.41) is 0.936. The molecular weight excluding hydrogens is 190 g/mol. The van der Waals surface area contributed by atoms with Gasteiger partial charge in [0.2, 0.25) is 5.56 Å². The van der Waals surface area contributed by atoms with E-state index in [2.05, 4.69) is 4.98 Å². The van der Waals surface area contributed by atoms with Gasteiger partial charge in [0.15, 0.2) is 0 Å². The first-order chi connectivity index (χ1) is 7.16. The standard InChI is InChI=1S/C12H13NO2/c1-8(2)15-11-5-3-4-10-9(11)6-7-12(14)13-10/h3-8H,1-2H3,(H,13,14). The highest BCUT2D eigenvalue weighted by Crippen LogP contribution is 2.23. The third-order valence-corrected chi connectivity index (χ3v) is 2.09. The molecular formula is C12H13NO2. The molecule has 3 nitrogen and oxygen atoms in total. The van der Waals surface area contributed by atoms with Crippen molar-refractivity contribution < 1.29 is 4.74 Å². The summed E-state index contributed by atoms with van der Waals surface area (Å²) in [6.07, 6.45) is 0.127. The van der Waals surface area contributed by atoms with E-state index in [0.29, 0.717) is 0 Å². The molecule has 1 N–H and O–H groups in total. The van der Waals surface area contributed by atoms with Gasteiger partial charge in [-0.1, -0.05) is 6.07 Å². The van der Waals surface area contributed by atoms with E-state index in [4.69, 9.17) is 4.74 Å². The zero-order valence-corrected chi connectivity index (χ0v) is 8.78. The molecule has 0 aliphatic carbocycles. The number of hydrogen-bond acceptors (Lipinski definition) is 2. The van der Waals surface area contributed by atoms with E-state index in [1.807, 2.05) is 32.0 Å². The molecule has 0 aliphatic rings. The Balaban J connectivity index is 2.60. The van der Waals surface area contributed by atoms with Crippen molar-refractivity contribution in [2.45, 2.75) is 20.0 Å². The number of H-pyrrole nitrogens is 1. The van der Waals surface area contributed by atoms with Gasteiger partial charge in [0, 0.05) is 11.5 Å². The van der Waals surface area contributed by atoms with Gasteiger partial charge in [-0.15, -0.1) is 0 Å². The van der Waals surface area contributed by atoms with Gasteiger partial charge in [-0.05, 0) is 32.0 Å². The van der Waals surface area contributed by atoms with E-state index in [0.717, 1.165) is 16.7 Å². The summed E-state index contributed by atoms with van der Waals surface area (Å²) in [5.74, 6) is 0.804. The molecule has 2 rings (SSSR count). The molecule has 1 aromatic carbocycles. The van der Waals surface area contributed by atoms with E-state index in [-0.39, 0.29) is 11.7 Å². The second-order valence-corrected chi connectivity index (χ2v) is 3.71. The number of aromatic nitrogens is 1. The molecule has 0 saturated carbocycles. The highest BCUT2D eigenvalue weighted by Gasteiger charge is 2.03. The maximum Gasteiger partial charge on any atom is 0.248 e. The fourth-order valence-corrected chi connectivity index (χ4v) is 1.52. The zero-order chi connectivity index (χ0) is 10.8. The fourth-order valence-electron chi connectivity index (χ4n) is 1.52. The third-order valence-electron chi connectivity index (χ3n) is 2.09. The first kappa shape index (κ1) is 9.77. The lowest BCUT2D eigenvalue weighted by atomic mass is 10.2. The molecule has 0 saturated heterocycles. The first-order valence-corrected chi connectivity index (χ1v) is 4.95. The maximum atomic E-state index is 11.1. The molecule has 0 fully saturated rings. The largest absolute Gasteiger partial charge is 0.490 e. The molecule has 15 heavy (non-hydrogen) atoms. The van der Waals surface area contributed by atoms with Crippen molar-refractivity contribution in [3.63, 3.8) is 0 Å². The lowest BCUT2D eigenvalue weighted by Gasteiger charge is -2.11. The van der Waals surface area contributed by atoms with Crippen molar-refractivity contribution in [2.75, 3.05) is 0 Å². The Morgan fingerprint density at radius 1 is 1.20 bits per heavy atom. The Labute approximate surface area is 87.7 Å². The normalized spacial score (nSPS) is 10.9. The number of nitrogens with one attached hydrogen (secondary N) is 1. The van der Waals surface area contributed by atoms with E-state index in [9.17, 15) is 4.79 Å². The number of fused-ring (bicyclic) bond motifs is 1. The van der Waals surface area contributed by atoms with Crippen molar-refractivity contribution in [2.24, 2.45) is 0 Å². The average Bonchev–Trinajstić information content (AvgIpc) is 2.16. The first-order valence-electron chi connectivity index (χ1n) is 4.95. The van der Waals surface area contributed by atoms with Crippen LogP contribution in [0.4, 0.5) is 0 Å². The number of benzene rings is 1. The maximum absolute atomic E-state index is 11.1. The summed E-state index contributed by atoms with van der Waals surface area (Å²) in [6, 6.07) is 8.93. The Kier molecular flexibility index (Phi) is 2.46. The van der Waals surface area contributed by atoms with Gasteiger partial charge in [0.1, 0.15) is 5.75 Å². The predicted octanol–water partition coefficient (Wildman–Crippen LogP) is 2.32. The van der Waals surface area contributed by atoms with Crippen molar-refractivity contribution in [1.29, 1.82) is 0 Å². The highest BCUT2D eigenvalue weighted by atomic mass is 16.5. The number of ether oxygens (including phenoxy) is 1. The second-order valence-electron chi connectivity index (χ2n) is 3.71. The minimum absolute atomic E-state index is 0.0933. The molecule has 3 heteroatoms. The second kappa shape index (κ2) is 3.77. The van der Waals surface area contributed by atoms with Crippen molar-refractivity contribution in [1.82, 2.24) is 4.98 Å². The minimum atomic E-state index is -0.0933. The van der Waals surface area contributed by atoms with Crippen LogP contribution in [0.5, 0.6) is 5.75 Å². The molecule has 0 atom stereocenters. The summed E-state index contributed by atoms with van der Waals surface area (Å²) in [5.41, 5.74) is 0.713. The highest BCUT2D eigenvalue weighted by molar-refractivity contribution is 5.84. The smallest absolute Gasteiger partial charge is 0.248 e. The van der Waals surface area contributed by atoms with Crippen LogP contribution < -0.4 is 10.3 Å². The number of rotatable bonds is 2. The Bertz CT molecular complexity index is 528. The summed E-state index contributed by atoms with van der Waals surface area (Å²) in [7, 11) is 0. The average molecular weight is 203 g/mol. The molecule has 0 aliphatic heterocycles. The Morgan fingerprint density at radius 3 is 2.73 bits per heavy atom.